The van der Waals surface area contributed by atoms with E-state index in [0.717, 1.165) is 31.7 Å². The molecule has 7 amide bonds. The van der Waals surface area contributed by atoms with Gasteiger partial charge in [0.05, 0.1) is 22.2 Å². The van der Waals surface area contributed by atoms with Crippen LogP contribution in [0, 0.1) is 16.2 Å². The second kappa shape index (κ2) is 24.2. The van der Waals surface area contributed by atoms with Crippen LogP contribution in [-0.2, 0) is 44.7 Å². The third kappa shape index (κ3) is 11.0. The molecule has 7 unspecified atom stereocenters. The number of carboxylic acids is 1. The fourth-order valence-electron chi connectivity index (χ4n) is 13.2. The number of nitrogens with zero attached hydrogens (tertiary/aromatic N) is 5. The first kappa shape index (κ1) is 59.9. The van der Waals surface area contributed by atoms with Gasteiger partial charge in [-0.1, -0.05) is 94.7 Å². The van der Waals surface area contributed by atoms with Gasteiger partial charge in [0, 0.05) is 134 Å². The molecule has 25 heteroatoms. The number of rotatable bonds is 24. The number of halogens is 2. The molecule has 3 aliphatic carbocycles. The molecule has 0 saturated heterocycles. The summed E-state index contributed by atoms with van der Waals surface area (Å²) in [6.45, 7) is 0.915. The van der Waals surface area contributed by atoms with Crippen molar-refractivity contribution in [2.24, 2.45) is 16.2 Å². The van der Waals surface area contributed by atoms with Crippen LogP contribution in [0.25, 0.3) is 21.5 Å². The van der Waals surface area contributed by atoms with Crippen LogP contribution in [-0.4, -0.2) is 143 Å². The molecule has 5 aromatic carbocycles. The first-order valence-electron chi connectivity index (χ1n) is 27.9. The Morgan fingerprint density at radius 3 is 1.85 bits per heavy atom. The van der Waals surface area contributed by atoms with Crippen molar-refractivity contribution in [2.75, 3.05) is 74.1 Å². The third-order valence-electron chi connectivity index (χ3n) is 17.6. The summed E-state index contributed by atoms with van der Waals surface area (Å²) in [5, 5.41) is 15.3. The SMILES string of the molecule is CN(CCN(C)C(=O)Oc1cc2c(c3ccccc13)C(CCl)CN2C(=O)C12CC3(C(=O)N4CC(CCl)c5c4cc(O[PH](=O)O)c4ccccc54)CC13C2)C(=O)OCc1ccccc1SSCC(NC(=O)CCCCCN1C(=O)C=CC1=O)C(=O)O. The van der Waals surface area contributed by atoms with Crippen molar-refractivity contribution in [3.8, 4) is 11.5 Å². The maximum absolute atomic E-state index is 15.1. The number of unbranched alkanes of at least 4 members (excludes halogenated alkanes) is 2. The van der Waals surface area contributed by atoms with E-state index in [1.54, 1.807) is 47.2 Å². The van der Waals surface area contributed by atoms with Gasteiger partial charge in [-0.3, -0.25) is 28.9 Å². The minimum absolute atomic E-state index is 0.0401. The highest BCUT2D eigenvalue weighted by molar-refractivity contribution is 8.76. The Morgan fingerprint density at radius 1 is 0.741 bits per heavy atom. The molecule has 85 heavy (non-hydrogen) atoms. The molecule has 3 aliphatic heterocycles. The van der Waals surface area contributed by atoms with E-state index in [0.29, 0.717) is 79.3 Å². The second-order valence-electron chi connectivity index (χ2n) is 22.6. The third-order valence-corrected chi connectivity index (χ3v) is 21.3. The van der Waals surface area contributed by atoms with Crippen molar-refractivity contribution in [1.29, 1.82) is 0 Å². The number of aliphatic carboxylic acids is 1. The standard InChI is InChI=1S/C60H61Cl2N6O14PS2/c1-64(56(76)80-30-35-12-5-10-17-47(35)85-84-31-42(53(72)73)63-48(69)18-4-3-11-21-66-49(70)19-20-50(66)71)22-23-65(2)57(77)81-45-24-43-51(40-15-8-6-13-38(40)45)36(26-61)28-67(43)54(74)58-32-59(34-60(58,59)33-58)55(75)68-29-37(27-62)52-41-16-9-7-14-39(41)46(25-44(52)68)82-83(78)79/h5-10,12-17,19-20,24-25,36-37,42,83H,3-4,11,18,21-23,26-34H2,1-2H3,(H,63,69)(H,72,73)(H,78,79). The van der Waals surface area contributed by atoms with E-state index in [2.05, 4.69) is 5.32 Å². The number of imide groups is 1. The highest BCUT2D eigenvalue weighted by atomic mass is 35.5. The van der Waals surface area contributed by atoms with Gasteiger partial charge in [0.1, 0.15) is 24.1 Å². The number of carboxylic acid groups (broad SMARTS) is 1. The van der Waals surface area contributed by atoms with E-state index in [1.165, 1.54) is 50.6 Å². The molecule has 0 bridgehead atoms. The predicted molar refractivity (Wildman–Crippen MR) is 323 cm³/mol. The van der Waals surface area contributed by atoms with Crippen LogP contribution < -0.4 is 24.4 Å². The van der Waals surface area contributed by atoms with Gasteiger partial charge in [0.2, 0.25) is 17.7 Å². The molecule has 0 radical (unpaired) electrons. The van der Waals surface area contributed by atoms with Crippen molar-refractivity contribution < 1.29 is 66.9 Å². The molecule has 3 fully saturated rings. The van der Waals surface area contributed by atoms with Gasteiger partial charge in [-0.15, -0.1) is 23.2 Å². The van der Waals surface area contributed by atoms with E-state index < -0.39 is 54.6 Å². The number of nitrogens with one attached hydrogen (secondary N) is 1. The molecule has 5 aromatic rings. The zero-order valence-corrected chi connectivity index (χ0v) is 50.5. The van der Waals surface area contributed by atoms with Crippen LogP contribution >= 0.6 is 53.0 Å². The van der Waals surface area contributed by atoms with Crippen molar-refractivity contribution >= 4 is 134 Å². The number of amides is 7. The number of ether oxygens (including phenoxy) is 2. The Labute approximate surface area is 507 Å². The predicted octanol–water partition coefficient (Wildman–Crippen LogP) is 9.46. The summed E-state index contributed by atoms with van der Waals surface area (Å²) in [7, 11) is 2.21. The molecule has 20 nitrogen and oxygen atoms in total. The molecule has 3 N–H and O–H groups in total. The Balaban J connectivity index is 0.682. The summed E-state index contributed by atoms with van der Waals surface area (Å²) in [5.41, 5.74) is 1.57. The van der Waals surface area contributed by atoms with Crippen molar-refractivity contribution in [2.45, 2.75) is 74.3 Å². The fraction of sp³-hybridized carbons (Fsp3) is 0.400. The summed E-state index contributed by atoms with van der Waals surface area (Å²) in [6, 6.07) is 24.2. The number of alkyl halides is 2. The fourth-order valence-corrected chi connectivity index (χ4v) is 16.5. The van der Waals surface area contributed by atoms with Gasteiger partial charge in [-0.2, -0.15) is 0 Å². The molecular weight excluding hydrogens is 1190 g/mol. The molecule has 11 rings (SSSR count). The first-order valence-corrected chi connectivity index (χ1v) is 32.5. The van der Waals surface area contributed by atoms with Crippen molar-refractivity contribution in [3.05, 3.63) is 114 Å². The number of anilines is 2. The Morgan fingerprint density at radius 2 is 1.28 bits per heavy atom. The smallest absolute Gasteiger partial charge is 0.415 e. The Kier molecular flexibility index (Phi) is 17.0. The average molecular weight is 1260 g/mol. The molecule has 6 aliphatic rings. The lowest BCUT2D eigenvalue weighted by Crippen LogP contribution is -2.49. The highest BCUT2D eigenvalue weighted by Gasteiger charge is 3.01. The van der Waals surface area contributed by atoms with E-state index in [4.69, 9.17) is 37.2 Å². The van der Waals surface area contributed by atoms with E-state index in [-0.39, 0.29) is 97.1 Å². The van der Waals surface area contributed by atoms with Gasteiger partial charge < -0.3 is 48.9 Å². The monoisotopic (exact) mass is 1250 g/mol. The zero-order chi connectivity index (χ0) is 60.1. The maximum Gasteiger partial charge on any atom is 0.415 e. The minimum Gasteiger partial charge on any atom is -0.480 e. The number of fused-ring (bicyclic) bond motifs is 6. The molecule has 7 atom stereocenters. The van der Waals surface area contributed by atoms with Gasteiger partial charge in [-0.25, -0.2) is 18.9 Å². The lowest BCUT2D eigenvalue weighted by atomic mass is 9.72. The van der Waals surface area contributed by atoms with Crippen molar-refractivity contribution in [1.82, 2.24) is 20.0 Å². The molecular formula is C60H61Cl2N6O14PS2. The number of carbonyl (C=O) groups excluding carboxylic acids is 7. The van der Waals surface area contributed by atoms with E-state index in [1.807, 2.05) is 54.6 Å². The lowest BCUT2D eigenvalue weighted by Gasteiger charge is -2.37. The maximum atomic E-state index is 15.1. The summed E-state index contributed by atoms with van der Waals surface area (Å²) in [6.07, 6.45) is 4.17. The number of carbonyl (C=O) groups is 8. The largest absolute Gasteiger partial charge is 0.480 e. The quantitative estimate of drug-likeness (QED) is 0.0171. The molecule has 3 heterocycles. The topological polar surface area (TPSA) is 250 Å². The lowest BCUT2D eigenvalue weighted by molar-refractivity contribution is -0.141. The summed E-state index contributed by atoms with van der Waals surface area (Å²) >= 11 is 13.2. The normalized spacial score (nSPS) is 22.7. The average Bonchev–Trinajstić information content (AvgIpc) is 1.40. The van der Waals surface area contributed by atoms with Crippen LogP contribution in [0.2, 0.25) is 0 Å². The summed E-state index contributed by atoms with van der Waals surface area (Å²) < 4.78 is 29.2. The van der Waals surface area contributed by atoms with Gasteiger partial charge in [0.15, 0.2) is 0 Å². The van der Waals surface area contributed by atoms with Crippen LogP contribution in [0.5, 0.6) is 11.5 Å². The van der Waals surface area contributed by atoms with Gasteiger partial charge >= 0.3 is 26.4 Å². The van der Waals surface area contributed by atoms with E-state index in [9.17, 15) is 48.1 Å². The zero-order valence-electron chi connectivity index (χ0n) is 46.4. The summed E-state index contributed by atoms with van der Waals surface area (Å²) in [4.78, 5) is 123. The second-order valence-corrected chi connectivity index (χ2v) is 26.3. The number of hydrogen-bond donors (Lipinski definition) is 3. The van der Waals surface area contributed by atoms with Crippen molar-refractivity contribution in [3.63, 3.8) is 0 Å². The van der Waals surface area contributed by atoms with Gasteiger partial charge in [0.25, 0.3) is 11.8 Å². The molecule has 446 valence electrons. The Hall–Kier alpha value is -6.81. The molecule has 0 aromatic heterocycles. The van der Waals surface area contributed by atoms with Crippen LogP contribution in [0.15, 0.2) is 102 Å². The number of likely N-dealkylation sites (N-methyl/N-ethyl adjacent to an activating group) is 2. The minimum atomic E-state index is -3.37. The molecule has 1 spiro atoms. The van der Waals surface area contributed by atoms with Crippen LogP contribution in [0.1, 0.15) is 73.5 Å². The highest BCUT2D eigenvalue weighted by Crippen LogP contribution is 3.01. The summed E-state index contributed by atoms with van der Waals surface area (Å²) in [5.74, 6) is -2.00. The number of benzene rings is 5. The molecule has 3 saturated carbocycles. The van der Waals surface area contributed by atoms with Crippen LogP contribution in [0.3, 0.4) is 0 Å². The van der Waals surface area contributed by atoms with E-state index >= 15 is 4.79 Å². The number of hydrogen-bond acceptors (Lipinski definition) is 14. The Bertz CT molecular complexity index is 3650. The van der Waals surface area contributed by atoms with Crippen LogP contribution in [0.4, 0.5) is 21.0 Å². The first-order chi connectivity index (χ1) is 40.8. The van der Waals surface area contributed by atoms with Gasteiger partial charge in [-0.05, 0) is 60.1 Å².